The minimum atomic E-state index is -5.63. The Kier molecular flexibility index (Phi) is 5.83. The van der Waals surface area contributed by atoms with Gasteiger partial charge in [-0.15, -0.1) is 0 Å². The maximum Gasteiger partial charge on any atom is 0.469 e. The maximum atomic E-state index is 10.9. The molecule has 0 aliphatic carbocycles. The fourth-order valence-corrected chi connectivity index (χ4v) is 0. The van der Waals surface area contributed by atoms with Gasteiger partial charge < -0.3 is 0 Å². The van der Waals surface area contributed by atoms with Crippen LogP contribution in [0.15, 0.2) is 0 Å². The quantitative estimate of drug-likeness (QED) is 0.410. The molecule has 0 heterocycles. The average molecular weight is 199 g/mol. The van der Waals surface area contributed by atoms with E-state index in [4.69, 9.17) is 0 Å². The van der Waals surface area contributed by atoms with Gasteiger partial charge in [0.25, 0.3) is 0 Å². The van der Waals surface area contributed by atoms with Crippen molar-refractivity contribution in [1.29, 1.82) is 0 Å². The van der Waals surface area contributed by atoms with E-state index in [0.29, 0.717) is 0 Å². The molecule has 0 fully saturated rings. The molecule has 0 aliphatic heterocycles. The molecule has 11 heavy (non-hydrogen) atoms. The van der Waals surface area contributed by atoms with Crippen molar-refractivity contribution in [3.63, 3.8) is 0 Å². The molecular formula is C5H8ClF5. The summed E-state index contributed by atoms with van der Waals surface area (Å²) in [6, 6.07) is 0. The number of halogens is 6. The highest BCUT2D eigenvalue weighted by atomic mass is 35.5. The largest absolute Gasteiger partial charge is 0.469 e. The number of alkyl halides is 6. The summed E-state index contributed by atoms with van der Waals surface area (Å²) in [4.78, 5) is 0. The Morgan fingerprint density at radius 1 is 1.00 bits per heavy atom. The smallest absolute Gasteiger partial charge is 0.177 e. The van der Waals surface area contributed by atoms with Gasteiger partial charge in [0.15, 0.2) is 0 Å². The molecule has 0 aromatic heterocycles. The molecule has 0 saturated carbocycles. The van der Waals surface area contributed by atoms with E-state index < -0.39 is 11.6 Å². The topological polar surface area (TPSA) is 0 Å². The Hall–Kier alpha value is -0.0600. The molecule has 0 N–H and O–H groups in total. The first-order valence-corrected chi connectivity index (χ1v) is 3.18. The van der Waals surface area contributed by atoms with Crippen molar-refractivity contribution < 1.29 is 22.0 Å². The molecule has 0 unspecified atom stereocenters. The molecule has 0 saturated heterocycles. The van der Waals surface area contributed by atoms with Crippen molar-refractivity contribution in [3.8, 4) is 0 Å². The van der Waals surface area contributed by atoms with E-state index in [1.165, 1.54) is 6.42 Å². The van der Waals surface area contributed by atoms with Crippen molar-refractivity contribution in [3.05, 3.63) is 0 Å². The van der Waals surface area contributed by atoms with E-state index in [0.717, 1.165) is 0 Å². The standard InChI is InChI=1S/C3H8.C2ClF5/c1-3-2;3-1(4,5)2(6,7)8/h3H2,1-2H3;. The van der Waals surface area contributed by atoms with Crippen LogP contribution in [0.5, 0.6) is 0 Å². The van der Waals surface area contributed by atoms with Gasteiger partial charge in [0.2, 0.25) is 0 Å². The molecule has 70 valence electrons. The highest BCUT2D eigenvalue weighted by molar-refractivity contribution is 6.22. The average Bonchev–Trinajstić information content (AvgIpc) is 1.60. The third-order valence-corrected chi connectivity index (χ3v) is 0.536. The predicted octanol–water partition coefficient (Wildman–Crippen LogP) is 3.80. The second kappa shape index (κ2) is 4.74. The van der Waals surface area contributed by atoms with Crippen LogP contribution in [0.1, 0.15) is 20.3 Å². The van der Waals surface area contributed by atoms with E-state index >= 15 is 0 Å². The summed E-state index contributed by atoms with van der Waals surface area (Å²) >= 11 is 3.55. The zero-order chi connectivity index (χ0) is 9.71. The molecule has 0 atom stereocenters. The fraction of sp³-hybridized carbons (Fsp3) is 1.00. The Labute approximate surface area is 66.3 Å². The maximum absolute atomic E-state index is 10.9. The van der Waals surface area contributed by atoms with E-state index in [9.17, 15) is 22.0 Å². The van der Waals surface area contributed by atoms with Crippen molar-refractivity contribution >= 4 is 11.6 Å². The number of hydrogen-bond acceptors (Lipinski definition) is 0. The van der Waals surface area contributed by atoms with Crippen molar-refractivity contribution in [2.24, 2.45) is 0 Å². The zero-order valence-electron chi connectivity index (χ0n) is 5.97. The molecule has 0 spiro atoms. The summed E-state index contributed by atoms with van der Waals surface area (Å²) in [5.74, 6) is 0. The Bertz CT molecular complexity index is 80.0. The lowest BCUT2D eigenvalue weighted by Crippen LogP contribution is -2.29. The van der Waals surface area contributed by atoms with Gasteiger partial charge in [0, 0.05) is 0 Å². The lowest BCUT2D eigenvalue weighted by molar-refractivity contribution is -0.241. The predicted molar refractivity (Wildman–Crippen MR) is 32.8 cm³/mol. The Balaban J connectivity index is 0. The first kappa shape index (κ1) is 13.5. The third-order valence-electron chi connectivity index (χ3n) is 0.321. The Morgan fingerprint density at radius 3 is 1.09 bits per heavy atom. The normalized spacial score (nSPS) is 12.0. The van der Waals surface area contributed by atoms with Crippen molar-refractivity contribution in [1.82, 2.24) is 0 Å². The summed E-state index contributed by atoms with van der Waals surface area (Å²) in [5.41, 5.74) is 0. The summed E-state index contributed by atoms with van der Waals surface area (Å²) in [6.45, 7) is 4.25. The lowest BCUT2D eigenvalue weighted by Gasteiger charge is -2.10. The van der Waals surface area contributed by atoms with Crippen LogP contribution < -0.4 is 0 Å². The molecule has 0 amide bonds. The molecule has 0 aliphatic rings. The van der Waals surface area contributed by atoms with Gasteiger partial charge in [0.05, 0.1) is 0 Å². The molecule has 0 nitrogen and oxygen atoms in total. The molecule has 0 radical (unpaired) electrons. The first-order chi connectivity index (χ1) is 4.66. The van der Waals surface area contributed by atoms with Crippen LogP contribution in [0.2, 0.25) is 0 Å². The van der Waals surface area contributed by atoms with Crippen molar-refractivity contribution in [2.45, 2.75) is 31.8 Å². The molecular weight excluding hydrogens is 190 g/mol. The number of rotatable bonds is 0. The van der Waals surface area contributed by atoms with Crippen molar-refractivity contribution in [2.75, 3.05) is 0 Å². The molecule has 0 aromatic rings. The molecule has 0 rings (SSSR count). The van der Waals surface area contributed by atoms with Gasteiger partial charge in [-0.1, -0.05) is 20.3 Å². The van der Waals surface area contributed by atoms with Crippen LogP contribution in [0.3, 0.4) is 0 Å². The number of hydrogen-bond donors (Lipinski definition) is 0. The van der Waals surface area contributed by atoms with Crippen LogP contribution in [0, 0.1) is 0 Å². The molecule has 0 bridgehead atoms. The zero-order valence-corrected chi connectivity index (χ0v) is 6.73. The molecule has 0 aromatic carbocycles. The summed E-state index contributed by atoms with van der Waals surface area (Å²) in [6.07, 6.45) is -4.38. The van der Waals surface area contributed by atoms with Crippen LogP contribution in [0.4, 0.5) is 22.0 Å². The second-order valence-corrected chi connectivity index (χ2v) is 2.18. The second-order valence-electron chi connectivity index (χ2n) is 1.70. The van der Waals surface area contributed by atoms with Gasteiger partial charge in [-0.3, -0.25) is 0 Å². The van der Waals surface area contributed by atoms with Gasteiger partial charge in [-0.2, -0.15) is 22.0 Å². The van der Waals surface area contributed by atoms with Gasteiger partial charge in [-0.25, -0.2) is 0 Å². The highest BCUT2D eigenvalue weighted by Crippen LogP contribution is 2.38. The molecule has 6 heteroatoms. The lowest BCUT2D eigenvalue weighted by atomic mass is 10.6. The van der Waals surface area contributed by atoms with Crippen LogP contribution in [-0.2, 0) is 0 Å². The first-order valence-electron chi connectivity index (χ1n) is 2.80. The van der Waals surface area contributed by atoms with Gasteiger partial charge in [-0.05, 0) is 11.6 Å². The fourth-order valence-electron chi connectivity index (χ4n) is 0. The van der Waals surface area contributed by atoms with Gasteiger partial charge >= 0.3 is 11.6 Å². The van der Waals surface area contributed by atoms with Crippen LogP contribution in [0.25, 0.3) is 0 Å². The highest BCUT2D eigenvalue weighted by Gasteiger charge is 2.56. The van der Waals surface area contributed by atoms with E-state index in [-0.39, 0.29) is 0 Å². The van der Waals surface area contributed by atoms with E-state index in [2.05, 4.69) is 25.4 Å². The summed E-state index contributed by atoms with van der Waals surface area (Å²) in [7, 11) is 0. The van der Waals surface area contributed by atoms with Gasteiger partial charge in [0.1, 0.15) is 0 Å². The Morgan fingerprint density at radius 2 is 1.09 bits per heavy atom. The minimum Gasteiger partial charge on any atom is -0.177 e. The SMILES string of the molecule is CCC.FC(F)(F)C(F)(F)Cl. The van der Waals surface area contributed by atoms with E-state index in [1.807, 2.05) is 0 Å². The monoisotopic (exact) mass is 198 g/mol. The van der Waals surface area contributed by atoms with Crippen LogP contribution in [-0.4, -0.2) is 11.6 Å². The minimum absolute atomic E-state index is 1.25. The van der Waals surface area contributed by atoms with E-state index in [1.54, 1.807) is 0 Å². The third kappa shape index (κ3) is 7.84. The van der Waals surface area contributed by atoms with Crippen LogP contribution >= 0.6 is 11.6 Å². The summed E-state index contributed by atoms with van der Waals surface area (Å²) < 4.78 is 53.8. The summed E-state index contributed by atoms with van der Waals surface area (Å²) in [5, 5.41) is -5.09.